The van der Waals surface area contributed by atoms with Crippen LogP contribution in [0.5, 0.6) is 11.5 Å². The van der Waals surface area contributed by atoms with E-state index in [1.165, 1.54) is 0 Å². The largest absolute Gasteiger partial charge is 0.494 e. The maximum Gasteiger partial charge on any atom is 0.303 e. The Morgan fingerprint density at radius 2 is 1.81 bits per heavy atom. The highest BCUT2D eigenvalue weighted by Crippen LogP contribution is 2.22. The molecular formula is C20H29NO5. The molecule has 2 rings (SSSR count). The summed E-state index contributed by atoms with van der Waals surface area (Å²) in [7, 11) is 0. The Kier molecular flexibility index (Phi) is 8.25. The van der Waals surface area contributed by atoms with Gasteiger partial charge >= 0.3 is 5.97 Å². The van der Waals surface area contributed by atoms with Gasteiger partial charge in [0.15, 0.2) is 0 Å². The third-order valence-electron chi connectivity index (χ3n) is 4.58. The number of benzene rings is 1. The maximum absolute atomic E-state index is 12.5. The van der Waals surface area contributed by atoms with E-state index in [4.69, 9.17) is 14.6 Å². The van der Waals surface area contributed by atoms with Gasteiger partial charge in [-0.1, -0.05) is 0 Å². The lowest BCUT2D eigenvalue weighted by molar-refractivity contribution is -0.140. The number of carbonyl (C=O) groups is 2. The second kappa shape index (κ2) is 10.7. The highest BCUT2D eigenvalue weighted by Gasteiger charge is 2.26. The van der Waals surface area contributed by atoms with Gasteiger partial charge in [0.1, 0.15) is 11.5 Å². The van der Waals surface area contributed by atoms with Crippen molar-refractivity contribution < 1.29 is 24.2 Å². The minimum absolute atomic E-state index is 0.0689. The van der Waals surface area contributed by atoms with Crippen LogP contribution in [0.3, 0.4) is 0 Å². The fourth-order valence-corrected chi connectivity index (χ4v) is 3.27. The number of hydrogen-bond acceptors (Lipinski definition) is 4. The van der Waals surface area contributed by atoms with E-state index < -0.39 is 5.97 Å². The summed E-state index contributed by atoms with van der Waals surface area (Å²) in [5.41, 5.74) is 0. The molecule has 0 bridgehead atoms. The SMILES string of the molecule is CCOc1ccc(OCCCC(=O)N2CCCCC2CCC(=O)O)cc1. The smallest absolute Gasteiger partial charge is 0.303 e. The van der Waals surface area contributed by atoms with Crippen molar-refractivity contribution in [3.05, 3.63) is 24.3 Å². The number of carboxylic acids is 1. The quantitative estimate of drug-likeness (QED) is 0.644. The summed E-state index contributed by atoms with van der Waals surface area (Å²) in [5, 5.41) is 8.87. The fraction of sp³-hybridized carbons (Fsp3) is 0.600. The molecule has 1 saturated heterocycles. The fourth-order valence-electron chi connectivity index (χ4n) is 3.27. The van der Waals surface area contributed by atoms with Crippen molar-refractivity contribution in [1.82, 2.24) is 4.90 Å². The molecule has 0 saturated carbocycles. The summed E-state index contributed by atoms with van der Waals surface area (Å²) >= 11 is 0. The van der Waals surface area contributed by atoms with Crippen molar-refractivity contribution in [2.45, 2.75) is 57.9 Å². The van der Waals surface area contributed by atoms with Crippen LogP contribution in [-0.2, 0) is 9.59 Å². The standard InChI is InChI=1S/C20H29NO5/c1-2-25-17-9-11-18(12-10-17)26-15-5-7-19(22)21-14-4-3-6-16(21)8-13-20(23)24/h9-12,16H,2-8,13-15H2,1H3,(H,23,24). The molecule has 1 unspecified atom stereocenters. The zero-order chi connectivity index (χ0) is 18.8. The van der Waals surface area contributed by atoms with Crippen molar-refractivity contribution in [2.75, 3.05) is 19.8 Å². The van der Waals surface area contributed by atoms with Gasteiger partial charge in [0.2, 0.25) is 5.91 Å². The molecule has 1 aliphatic rings. The Morgan fingerprint density at radius 3 is 2.46 bits per heavy atom. The molecule has 1 aliphatic heterocycles. The van der Waals surface area contributed by atoms with Crippen LogP contribution in [0.4, 0.5) is 0 Å². The first-order valence-electron chi connectivity index (χ1n) is 9.47. The molecule has 1 fully saturated rings. The van der Waals surface area contributed by atoms with Crippen molar-refractivity contribution >= 4 is 11.9 Å². The van der Waals surface area contributed by atoms with Crippen LogP contribution >= 0.6 is 0 Å². The summed E-state index contributed by atoms with van der Waals surface area (Å²) in [5.74, 6) is 0.882. The van der Waals surface area contributed by atoms with E-state index in [-0.39, 0.29) is 18.4 Å². The molecule has 26 heavy (non-hydrogen) atoms. The third-order valence-corrected chi connectivity index (χ3v) is 4.58. The summed E-state index contributed by atoms with van der Waals surface area (Å²) < 4.78 is 11.1. The van der Waals surface area contributed by atoms with E-state index in [1.54, 1.807) is 0 Å². The number of aliphatic carboxylic acids is 1. The molecule has 1 heterocycles. The lowest BCUT2D eigenvalue weighted by Gasteiger charge is -2.35. The van der Waals surface area contributed by atoms with E-state index in [0.717, 1.165) is 37.3 Å². The predicted molar refractivity (Wildman–Crippen MR) is 98.6 cm³/mol. The van der Waals surface area contributed by atoms with Crippen molar-refractivity contribution in [3.8, 4) is 11.5 Å². The number of amides is 1. The molecule has 1 aromatic rings. The lowest BCUT2D eigenvalue weighted by atomic mass is 9.97. The molecule has 1 N–H and O–H groups in total. The summed E-state index contributed by atoms with van der Waals surface area (Å²) in [6, 6.07) is 7.52. The molecule has 6 heteroatoms. The van der Waals surface area contributed by atoms with E-state index in [0.29, 0.717) is 32.5 Å². The van der Waals surface area contributed by atoms with E-state index >= 15 is 0 Å². The average molecular weight is 363 g/mol. The van der Waals surface area contributed by atoms with Gasteiger partial charge in [0, 0.05) is 25.4 Å². The molecule has 144 valence electrons. The molecule has 0 aromatic heterocycles. The van der Waals surface area contributed by atoms with Crippen molar-refractivity contribution in [1.29, 1.82) is 0 Å². The highest BCUT2D eigenvalue weighted by molar-refractivity contribution is 5.76. The van der Waals surface area contributed by atoms with E-state index in [2.05, 4.69) is 0 Å². The first-order chi connectivity index (χ1) is 12.6. The molecule has 1 atom stereocenters. The van der Waals surface area contributed by atoms with E-state index in [9.17, 15) is 9.59 Å². The number of carbonyl (C=O) groups excluding carboxylic acids is 1. The maximum atomic E-state index is 12.5. The van der Waals surface area contributed by atoms with Gasteiger partial charge in [0.25, 0.3) is 0 Å². The zero-order valence-corrected chi connectivity index (χ0v) is 15.5. The number of carboxylic acid groups (broad SMARTS) is 1. The Bertz CT molecular complexity index is 572. The molecular weight excluding hydrogens is 334 g/mol. The third kappa shape index (κ3) is 6.58. The summed E-state index contributed by atoms with van der Waals surface area (Å²) in [4.78, 5) is 25.2. The van der Waals surface area contributed by atoms with E-state index in [1.807, 2.05) is 36.1 Å². The Balaban J connectivity index is 1.71. The molecule has 1 aromatic carbocycles. The van der Waals surface area contributed by atoms with Gasteiger partial charge < -0.3 is 19.5 Å². The number of ether oxygens (including phenoxy) is 2. The van der Waals surface area contributed by atoms with Gasteiger partial charge in [-0.25, -0.2) is 0 Å². The normalized spacial score (nSPS) is 17.0. The number of rotatable bonds is 10. The van der Waals surface area contributed by atoms with Gasteiger partial charge in [-0.15, -0.1) is 0 Å². The minimum atomic E-state index is -0.799. The lowest BCUT2D eigenvalue weighted by Crippen LogP contribution is -2.44. The van der Waals surface area contributed by atoms with Crippen LogP contribution in [0, 0.1) is 0 Å². The zero-order valence-electron chi connectivity index (χ0n) is 15.5. The Morgan fingerprint density at radius 1 is 1.12 bits per heavy atom. The van der Waals surface area contributed by atoms with Crippen LogP contribution < -0.4 is 9.47 Å². The van der Waals surface area contributed by atoms with Gasteiger partial charge in [-0.3, -0.25) is 9.59 Å². The van der Waals surface area contributed by atoms with Gasteiger partial charge in [0.05, 0.1) is 13.2 Å². The predicted octanol–water partition coefficient (Wildman–Crippen LogP) is 3.49. The Labute approximate surface area is 155 Å². The highest BCUT2D eigenvalue weighted by atomic mass is 16.5. The van der Waals surface area contributed by atoms with Gasteiger partial charge in [-0.05, 0) is 63.3 Å². The first-order valence-corrected chi connectivity index (χ1v) is 9.47. The van der Waals surface area contributed by atoms with Crippen molar-refractivity contribution in [2.24, 2.45) is 0 Å². The van der Waals surface area contributed by atoms with Crippen LogP contribution in [-0.4, -0.2) is 47.7 Å². The molecule has 1 amide bonds. The van der Waals surface area contributed by atoms with Crippen LogP contribution in [0.15, 0.2) is 24.3 Å². The summed E-state index contributed by atoms with van der Waals surface area (Å²) in [6.45, 7) is 3.79. The molecule has 0 radical (unpaired) electrons. The summed E-state index contributed by atoms with van der Waals surface area (Å²) in [6.07, 6.45) is 4.71. The van der Waals surface area contributed by atoms with Crippen LogP contribution in [0.25, 0.3) is 0 Å². The number of nitrogens with zero attached hydrogens (tertiary/aromatic N) is 1. The monoisotopic (exact) mass is 363 g/mol. The molecule has 6 nitrogen and oxygen atoms in total. The van der Waals surface area contributed by atoms with Crippen LogP contribution in [0.2, 0.25) is 0 Å². The van der Waals surface area contributed by atoms with Crippen molar-refractivity contribution in [3.63, 3.8) is 0 Å². The first kappa shape index (κ1) is 20.1. The van der Waals surface area contributed by atoms with Gasteiger partial charge in [-0.2, -0.15) is 0 Å². The number of piperidine rings is 1. The topological polar surface area (TPSA) is 76.1 Å². The average Bonchev–Trinajstić information content (AvgIpc) is 2.65. The number of hydrogen-bond donors (Lipinski definition) is 1. The second-order valence-corrected chi connectivity index (χ2v) is 6.53. The van der Waals surface area contributed by atoms with Crippen LogP contribution in [0.1, 0.15) is 51.9 Å². The minimum Gasteiger partial charge on any atom is -0.494 e. The second-order valence-electron chi connectivity index (χ2n) is 6.53. The number of likely N-dealkylation sites (tertiary alicyclic amines) is 1. The molecule has 0 aliphatic carbocycles. The Hall–Kier alpha value is -2.24. The molecule has 0 spiro atoms.